The third-order valence-corrected chi connectivity index (χ3v) is 8.91. The van der Waals surface area contributed by atoms with E-state index in [-0.39, 0.29) is 5.91 Å². The van der Waals surface area contributed by atoms with Crippen LogP contribution in [0.2, 0.25) is 0 Å². The number of aromatic nitrogens is 2. The predicted molar refractivity (Wildman–Crippen MR) is 148 cm³/mol. The smallest absolute Gasteiger partial charge is 0.257 e. The highest BCUT2D eigenvalue weighted by molar-refractivity contribution is 6.31. The Morgan fingerprint density at radius 3 is 2.50 bits per heavy atom. The van der Waals surface area contributed by atoms with Gasteiger partial charge in [0.1, 0.15) is 0 Å². The number of piperidine rings is 2. The maximum Gasteiger partial charge on any atom is 0.257 e. The van der Waals surface area contributed by atoms with Crippen LogP contribution in [0.15, 0.2) is 41.5 Å². The molecule has 0 bridgehead atoms. The number of halogens is 1. The van der Waals surface area contributed by atoms with Crippen LogP contribution in [-0.2, 0) is 0 Å². The van der Waals surface area contributed by atoms with Crippen LogP contribution in [0.1, 0.15) is 79.5 Å². The van der Waals surface area contributed by atoms with Gasteiger partial charge < -0.3 is 9.80 Å². The minimum Gasteiger partial charge on any atom is -0.338 e. The Hall–Kier alpha value is -2.11. The summed E-state index contributed by atoms with van der Waals surface area (Å²) in [5, 5.41) is 5.71. The van der Waals surface area contributed by atoms with Crippen LogP contribution >= 0.6 is 11.6 Å². The molecule has 3 heterocycles. The molecule has 6 heteroatoms. The number of aryl methyl sites for hydroxylation is 1. The van der Waals surface area contributed by atoms with E-state index in [2.05, 4.69) is 47.1 Å². The lowest BCUT2D eigenvalue weighted by Gasteiger charge is -2.40. The molecule has 2 saturated heterocycles. The van der Waals surface area contributed by atoms with E-state index in [9.17, 15) is 4.79 Å². The Kier molecular flexibility index (Phi) is 8.17. The van der Waals surface area contributed by atoms with Crippen LogP contribution in [0, 0.1) is 25.7 Å². The fourth-order valence-corrected chi connectivity index (χ4v) is 6.63. The molecule has 1 aromatic rings. The van der Waals surface area contributed by atoms with Gasteiger partial charge in [0.2, 0.25) is 0 Å². The van der Waals surface area contributed by atoms with Gasteiger partial charge in [-0.1, -0.05) is 42.3 Å². The lowest BCUT2D eigenvalue weighted by Crippen LogP contribution is -2.48. The Labute approximate surface area is 221 Å². The number of likely N-dealkylation sites (tertiary alicyclic amines) is 2. The Morgan fingerprint density at radius 1 is 1.03 bits per heavy atom. The largest absolute Gasteiger partial charge is 0.338 e. The number of carbonyl (C=O) groups is 1. The number of carbonyl (C=O) groups excluding carboxylic acids is 1. The average molecular weight is 509 g/mol. The Bertz CT molecular complexity index is 1070. The molecule has 1 amide bonds. The third kappa shape index (κ3) is 5.73. The number of amides is 1. The lowest BCUT2D eigenvalue weighted by molar-refractivity contribution is 0.0588. The van der Waals surface area contributed by atoms with E-state index in [0.717, 1.165) is 73.6 Å². The predicted octanol–water partition coefficient (Wildman–Crippen LogP) is 6.49. The highest BCUT2D eigenvalue weighted by Crippen LogP contribution is 2.32. The van der Waals surface area contributed by atoms with Gasteiger partial charge in [0.05, 0.1) is 17.0 Å². The summed E-state index contributed by atoms with van der Waals surface area (Å²) in [6.45, 7) is 8.22. The van der Waals surface area contributed by atoms with E-state index >= 15 is 0 Å². The normalized spacial score (nSPS) is 25.7. The number of hydrogen-bond donors (Lipinski definition) is 0. The van der Waals surface area contributed by atoms with Gasteiger partial charge in [-0.3, -0.25) is 4.79 Å². The molecule has 2 unspecified atom stereocenters. The van der Waals surface area contributed by atoms with Crippen molar-refractivity contribution < 1.29 is 4.79 Å². The maximum absolute atomic E-state index is 13.6. The zero-order valence-corrected chi connectivity index (χ0v) is 22.7. The van der Waals surface area contributed by atoms with Crippen molar-refractivity contribution in [2.45, 2.75) is 77.7 Å². The Morgan fingerprint density at radius 2 is 1.78 bits per heavy atom. The molecule has 2 fully saturated rings. The van der Waals surface area contributed by atoms with Crippen LogP contribution < -0.4 is 0 Å². The molecule has 5 rings (SSSR count). The van der Waals surface area contributed by atoms with Crippen molar-refractivity contribution in [3.8, 4) is 0 Å². The van der Waals surface area contributed by atoms with Gasteiger partial charge in [-0.15, -0.1) is 0 Å². The fraction of sp³-hybridized carbons (Fsp3) is 0.600. The van der Waals surface area contributed by atoms with Crippen molar-refractivity contribution in [3.05, 3.63) is 58.4 Å². The molecule has 194 valence electrons. The van der Waals surface area contributed by atoms with Crippen molar-refractivity contribution in [2.75, 3.05) is 26.2 Å². The summed E-state index contributed by atoms with van der Waals surface area (Å²) in [7, 11) is 0. The summed E-state index contributed by atoms with van der Waals surface area (Å²) in [6.07, 6.45) is 23.6. The van der Waals surface area contributed by atoms with Crippen LogP contribution in [0.4, 0.5) is 0 Å². The summed E-state index contributed by atoms with van der Waals surface area (Å²) in [5.74, 6) is 1.23. The molecule has 0 spiro atoms. The highest BCUT2D eigenvalue weighted by Gasteiger charge is 2.31. The van der Waals surface area contributed by atoms with Gasteiger partial charge in [0.25, 0.3) is 5.91 Å². The van der Waals surface area contributed by atoms with E-state index in [1.165, 1.54) is 38.0 Å². The van der Waals surface area contributed by atoms with Gasteiger partial charge in [0.15, 0.2) is 0 Å². The van der Waals surface area contributed by atoms with Crippen LogP contribution in [0.3, 0.4) is 0 Å². The third-order valence-electron chi connectivity index (χ3n) is 8.63. The molecule has 0 radical (unpaired) electrons. The first-order chi connectivity index (χ1) is 17.5. The van der Waals surface area contributed by atoms with Gasteiger partial charge in [0, 0.05) is 29.9 Å². The maximum atomic E-state index is 13.6. The molecule has 2 atom stereocenters. The zero-order chi connectivity index (χ0) is 25.1. The topological polar surface area (TPSA) is 41.4 Å². The van der Waals surface area contributed by atoms with Crippen molar-refractivity contribution in [3.63, 3.8) is 0 Å². The first kappa shape index (κ1) is 25.5. The molecule has 36 heavy (non-hydrogen) atoms. The number of nitrogens with zero attached hydrogens (tertiary/aromatic N) is 4. The SMILES string of the molecule is Cc1nn(C2=CC=CC(CCC3C=CC(Cl)=CC3)C2)c(C)c1C(=O)N1CCC(N2CCCCC2)CC1. The van der Waals surface area contributed by atoms with Crippen molar-refractivity contribution >= 4 is 23.2 Å². The summed E-state index contributed by atoms with van der Waals surface area (Å²) in [5.41, 5.74) is 3.81. The lowest BCUT2D eigenvalue weighted by atomic mass is 9.87. The van der Waals surface area contributed by atoms with Gasteiger partial charge in [-0.25, -0.2) is 4.68 Å². The fourth-order valence-electron chi connectivity index (χ4n) is 6.47. The summed E-state index contributed by atoms with van der Waals surface area (Å²) < 4.78 is 2.03. The van der Waals surface area contributed by atoms with Gasteiger partial charge in [-0.05, 0) is 102 Å². The summed E-state index contributed by atoms with van der Waals surface area (Å²) in [4.78, 5) is 18.3. The summed E-state index contributed by atoms with van der Waals surface area (Å²) >= 11 is 6.07. The van der Waals surface area contributed by atoms with Crippen molar-refractivity contribution in [1.29, 1.82) is 0 Å². The second-order valence-electron chi connectivity index (χ2n) is 11.1. The quantitative estimate of drug-likeness (QED) is 0.441. The first-order valence-electron chi connectivity index (χ1n) is 14.0. The van der Waals surface area contributed by atoms with E-state index in [1.807, 2.05) is 17.7 Å². The molecule has 1 aromatic heterocycles. The molecule has 4 aliphatic rings. The molecule has 5 nitrogen and oxygen atoms in total. The second kappa shape index (κ2) is 11.5. The molecular formula is C30H41ClN4O. The first-order valence-corrected chi connectivity index (χ1v) is 14.4. The zero-order valence-electron chi connectivity index (χ0n) is 22.0. The molecule has 0 saturated carbocycles. The van der Waals surface area contributed by atoms with Crippen LogP contribution in [0.5, 0.6) is 0 Å². The standard InChI is InChI=1S/C30H41ClN4O/c1-22-29(30(36)34-19-15-27(16-20-34)33-17-4-3-5-18-33)23(2)35(32-22)28-8-6-7-25(21-28)10-9-24-11-13-26(31)14-12-24/h6-8,11,13-14,24-25,27H,3-5,9-10,12,15-21H2,1-2H3. The van der Waals surface area contributed by atoms with Crippen molar-refractivity contribution in [1.82, 2.24) is 19.6 Å². The summed E-state index contributed by atoms with van der Waals surface area (Å²) in [6, 6.07) is 0.646. The van der Waals surface area contributed by atoms with E-state index in [1.54, 1.807) is 0 Å². The minimum absolute atomic E-state index is 0.160. The Balaban J connectivity index is 1.19. The molecule has 2 aliphatic heterocycles. The van der Waals surface area contributed by atoms with E-state index in [0.29, 0.717) is 17.9 Å². The monoisotopic (exact) mass is 508 g/mol. The van der Waals surface area contributed by atoms with Gasteiger partial charge >= 0.3 is 0 Å². The van der Waals surface area contributed by atoms with E-state index in [4.69, 9.17) is 16.7 Å². The molecule has 0 aromatic carbocycles. The number of allylic oxidation sites excluding steroid dienone is 8. The highest BCUT2D eigenvalue weighted by atomic mass is 35.5. The second-order valence-corrected chi connectivity index (χ2v) is 11.5. The van der Waals surface area contributed by atoms with Crippen LogP contribution in [0.25, 0.3) is 5.70 Å². The average Bonchev–Trinajstić information content (AvgIpc) is 3.22. The minimum atomic E-state index is 0.160. The molecule has 2 aliphatic carbocycles. The number of rotatable bonds is 6. The van der Waals surface area contributed by atoms with Gasteiger partial charge in [-0.2, -0.15) is 5.10 Å². The number of hydrogen-bond acceptors (Lipinski definition) is 3. The molecule has 0 N–H and O–H groups in total. The van der Waals surface area contributed by atoms with Crippen LogP contribution in [-0.4, -0.2) is 57.7 Å². The van der Waals surface area contributed by atoms with E-state index < -0.39 is 0 Å². The van der Waals surface area contributed by atoms with Crippen molar-refractivity contribution in [2.24, 2.45) is 11.8 Å². The molecular weight excluding hydrogens is 468 g/mol.